The van der Waals surface area contributed by atoms with Gasteiger partial charge in [0.25, 0.3) is 0 Å². The van der Waals surface area contributed by atoms with Gasteiger partial charge in [0.2, 0.25) is 0 Å². The Balaban J connectivity index is 2.08. The molecule has 1 aromatic carbocycles. The van der Waals surface area contributed by atoms with Crippen LogP contribution in [-0.2, 0) is 0 Å². The summed E-state index contributed by atoms with van der Waals surface area (Å²) in [6.45, 7) is 0. The zero-order valence-corrected chi connectivity index (χ0v) is 8.91. The SMILES string of the molecule is N#Cc1ccc(NC2CCC(N)C2)c(F)c1. The molecule has 1 aliphatic rings. The van der Waals surface area contributed by atoms with Crippen molar-refractivity contribution in [2.45, 2.75) is 31.3 Å². The van der Waals surface area contributed by atoms with Crippen LogP contribution in [0.25, 0.3) is 0 Å². The van der Waals surface area contributed by atoms with Gasteiger partial charge in [-0.2, -0.15) is 5.26 Å². The van der Waals surface area contributed by atoms with Crippen LogP contribution in [0.2, 0.25) is 0 Å². The van der Waals surface area contributed by atoms with E-state index in [1.54, 1.807) is 12.1 Å². The Morgan fingerprint density at radius 2 is 2.25 bits per heavy atom. The molecule has 2 unspecified atom stereocenters. The molecule has 0 aromatic heterocycles. The summed E-state index contributed by atoms with van der Waals surface area (Å²) < 4.78 is 13.5. The first kappa shape index (κ1) is 10.9. The van der Waals surface area contributed by atoms with E-state index in [9.17, 15) is 4.39 Å². The number of nitrogens with one attached hydrogen (secondary N) is 1. The molecule has 1 saturated carbocycles. The lowest BCUT2D eigenvalue weighted by atomic mass is 10.2. The van der Waals surface area contributed by atoms with E-state index in [0.29, 0.717) is 11.3 Å². The molecule has 84 valence electrons. The fraction of sp³-hybridized carbons (Fsp3) is 0.417. The first-order valence-corrected chi connectivity index (χ1v) is 5.41. The van der Waals surface area contributed by atoms with Crippen molar-refractivity contribution < 1.29 is 4.39 Å². The third-order valence-corrected chi connectivity index (χ3v) is 2.93. The van der Waals surface area contributed by atoms with Crippen LogP contribution in [-0.4, -0.2) is 12.1 Å². The average Bonchev–Trinajstić information content (AvgIpc) is 2.67. The second kappa shape index (κ2) is 4.50. The quantitative estimate of drug-likeness (QED) is 0.799. The predicted molar refractivity (Wildman–Crippen MR) is 60.4 cm³/mol. The van der Waals surface area contributed by atoms with Crippen LogP contribution in [0.4, 0.5) is 10.1 Å². The van der Waals surface area contributed by atoms with Gasteiger partial charge in [0.1, 0.15) is 5.82 Å². The highest BCUT2D eigenvalue weighted by atomic mass is 19.1. The highest BCUT2D eigenvalue weighted by Crippen LogP contribution is 2.23. The number of rotatable bonds is 2. The third-order valence-electron chi connectivity index (χ3n) is 2.93. The van der Waals surface area contributed by atoms with E-state index < -0.39 is 0 Å². The van der Waals surface area contributed by atoms with Crippen LogP contribution in [0, 0.1) is 17.1 Å². The molecule has 0 aliphatic heterocycles. The topological polar surface area (TPSA) is 61.8 Å². The minimum Gasteiger partial charge on any atom is -0.380 e. The van der Waals surface area contributed by atoms with E-state index in [0.717, 1.165) is 19.3 Å². The Morgan fingerprint density at radius 1 is 1.44 bits per heavy atom. The maximum Gasteiger partial charge on any atom is 0.147 e. The summed E-state index contributed by atoms with van der Waals surface area (Å²) in [5, 5.41) is 11.7. The summed E-state index contributed by atoms with van der Waals surface area (Å²) in [5.41, 5.74) is 6.58. The van der Waals surface area contributed by atoms with E-state index >= 15 is 0 Å². The predicted octanol–water partition coefficient (Wildman–Crippen LogP) is 1.99. The van der Waals surface area contributed by atoms with Gasteiger partial charge in [-0.25, -0.2) is 4.39 Å². The number of nitrogens with zero attached hydrogens (tertiary/aromatic N) is 1. The van der Waals surface area contributed by atoms with E-state index in [4.69, 9.17) is 11.0 Å². The van der Waals surface area contributed by atoms with Crippen LogP contribution in [0.3, 0.4) is 0 Å². The molecule has 4 heteroatoms. The Morgan fingerprint density at radius 3 is 2.81 bits per heavy atom. The molecule has 0 radical (unpaired) electrons. The van der Waals surface area contributed by atoms with Gasteiger partial charge in [-0.3, -0.25) is 0 Å². The second-order valence-corrected chi connectivity index (χ2v) is 4.22. The van der Waals surface area contributed by atoms with Gasteiger partial charge in [0.15, 0.2) is 0 Å². The highest BCUT2D eigenvalue weighted by molar-refractivity contribution is 5.49. The molecule has 0 saturated heterocycles. The molecule has 16 heavy (non-hydrogen) atoms. The lowest BCUT2D eigenvalue weighted by Crippen LogP contribution is -2.21. The number of nitrogens with two attached hydrogens (primary N) is 1. The van der Waals surface area contributed by atoms with Gasteiger partial charge in [0, 0.05) is 12.1 Å². The molecule has 1 aliphatic carbocycles. The summed E-state index contributed by atoms with van der Waals surface area (Å²) in [7, 11) is 0. The Bertz CT molecular complexity index is 425. The van der Waals surface area contributed by atoms with Crippen molar-refractivity contribution in [1.29, 1.82) is 5.26 Å². The smallest absolute Gasteiger partial charge is 0.147 e. The first-order chi connectivity index (χ1) is 7.69. The van der Waals surface area contributed by atoms with E-state index in [2.05, 4.69) is 5.32 Å². The number of hydrogen-bond acceptors (Lipinski definition) is 3. The van der Waals surface area contributed by atoms with Crippen molar-refractivity contribution in [3.8, 4) is 6.07 Å². The van der Waals surface area contributed by atoms with Gasteiger partial charge < -0.3 is 11.1 Å². The molecule has 1 fully saturated rings. The minimum absolute atomic E-state index is 0.221. The Labute approximate surface area is 94.1 Å². The standard InChI is InChI=1S/C12H14FN3/c13-11-5-8(7-14)1-4-12(11)16-10-3-2-9(15)6-10/h1,4-5,9-10,16H,2-3,6,15H2. The molecule has 0 spiro atoms. The molecular formula is C12H14FN3. The van der Waals surface area contributed by atoms with Crippen LogP contribution in [0.15, 0.2) is 18.2 Å². The number of halogens is 1. The Kier molecular flexibility index (Phi) is 3.07. The van der Waals surface area contributed by atoms with Crippen molar-refractivity contribution in [3.05, 3.63) is 29.6 Å². The molecule has 0 bridgehead atoms. The van der Waals surface area contributed by atoms with Crippen molar-refractivity contribution in [2.24, 2.45) is 5.73 Å². The monoisotopic (exact) mass is 219 g/mol. The molecule has 0 heterocycles. The highest BCUT2D eigenvalue weighted by Gasteiger charge is 2.22. The number of anilines is 1. The summed E-state index contributed by atoms with van der Waals surface area (Å²) in [4.78, 5) is 0. The largest absolute Gasteiger partial charge is 0.380 e. The zero-order valence-electron chi connectivity index (χ0n) is 8.91. The third kappa shape index (κ3) is 2.31. The van der Waals surface area contributed by atoms with Gasteiger partial charge in [-0.1, -0.05) is 0 Å². The molecule has 3 nitrogen and oxygen atoms in total. The van der Waals surface area contributed by atoms with Crippen molar-refractivity contribution in [1.82, 2.24) is 0 Å². The van der Waals surface area contributed by atoms with Crippen molar-refractivity contribution >= 4 is 5.69 Å². The number of hydrogen-bond donors (Lipinski definition) is 2. The maximum absolute atomic E-state index is 13.5. The van der Waals surface area contributed by atoms with Crippen LogP contribution >= 0.6 is 0 Å². The summed E-state index contributed by atoms with van der Waals surface area (Å²) >= 11 is 0. The van der Waals surface area contributed by atoms with Crippen molar-refractivity contribution in [2.75, 3.05) is 5.32 Å². The van der Waals surface area contributed by atoms with Crippen LogP contribution in [0.1, 0.15) is 24.8 Å². The minimum atomic E-state index is -0.375. The normalized spacial score (nSPS) is 24.1. The van der Waals surface area contributed by atoms with Crippen molar-refractivity contribution in [3.63, 3.8) is 0 Å². The van der Waals surface area contributed by atoms with Gasteiger partial charge in [0.05, 0.1) is 17.3 Å². The summed E-state index contributed by atoms with van der Waals surface area (Å²) in [6.07, 6.45) is 2.83. The Hall–Kier alpha value is -1.60. The number of nitriles is 1. The van der Waals surface area contributed by atoms with E-state index in [-0.39, 0.29) is 17.9 Å². The molecule has 2 atom stereocenters. The zero-order chi connectivity index (χ0) is 11.5. The van der Waals surface area contributed by atoms with Crippen LogP contribution in [0.5, 0.6) is 0 Å². The van der Waals surface area contributed by atoms with E-state index in [1.165, 1.54) is 6.07 Å². The summed E-state index contributed by atoms with van der Waals surface area (Å²) in [5.74, 6) is -0.375. The van der Waals surface area contributed by atoms with E-state index in [1.807, 2.05) is 6.07 Å². The molecule has 3 N–H and O–H groups in total. The number of benzene rings is 1. The fourth-order valence-electron chi connectivity index (χ4n) is 2.07. The lowest BCUT2D eigenvalue weighted by molar-refractivity contribution is 0.622. The molecular weight excluding hydrogens is 205 g/mol. The molecule has 1 aromatic rings. The first-order valence-electron chi connectivity index (χ1n) is 5.41. The second-order valence-electron chi connectivity index (χ2n) is 4.22. The lowest BCUT2D eigenvalue weighted by Gasteiger charge is -2.14. The fourth-order valence-corrected chi connectivity index (χ4v) is 2.07. The summed E-state index contributed by atoms with van der Waals surface area (Å²) in [6, 6.07) is 6.84. The van der Waals surface area contributed by atoms with Gasteiger partial charge in [-0.15, -0.1) is 0 Å². The molecule has 2 rings (SSSR count). The van der Waals surface area contributed by atoms with Crippen LogP contribution < -0.4 is 11.1 Å². The van der Waals surface area contributed by atoms with Gasteiger partial charge >= 0.3 is 0 Å². The molecule has 0 amide bonds. The van der Waals surface area contributed by atoms with Gasteiger partial charge in [-0.05, 0) is 37.5 Å². The maximum atomic E-state index is 13.5. The average molecular weight is 219 g/mol.